The minimum atomic E-state index is -0.217. The van der Waals surface area contributed by atoms with Gasteiger partial charge in [-0.3, -0.25) is 24.2 Å². The van der Waals surface area contributed by atoms with Crippen molar-refractivity contribution in [2.24, 2.45) is 0 Å². The molecule has 1 aliphatic heterocycles. The van der Waals surface area contributed by atoms with Crippen molar-refractivity contribution in [3.8, 4) is 5.75 Å². The highest BCUT2D eigenvalue weighted by Crippen LogP contribution is 2.37. The van der Waals surface area contributed by atoms with Crippen LogP contribution in [0.3, 0.4) is 0 Å². The summed E-state index contributed by atoms with van der Waals surface area (Å²) in [5.74, 6) is 0.0384. The van der Waals surface area contributed by atoms with Crippen molar-refractivity contribution in [2.75, 3.05) is 44.1 Å². The highest BCUT2D eigenvalue weighted by atomic mass is 32.1. The molecule has 9 heteroatoms. The zero-order chi connectivity index (χ0) is 23.7. The van der Waals surface area contributed by atoms with Crippen molar-refractivity contribution in [3.63, 3.8) is 0 Å². The zero-order valence-electron chi connectivity index (χ0n) is 19.1. The molecule has 0 aliphatic carbocycles. The maximum absolute atomic E-state index is 13.5. The zero-order valence-corrected chi connectivity index (χ0v) is 19.9. The molecule has 33 heavy (non-hydrogen) atoms. The maximum Gasteiger partial charge on any atom is 0.260 e. The predicted molar refractivity (Wildman–Crippen MR) is 129 cm³/mol. The van der Waals surface area contributed by atoms with Crippen molar-refractivity contribution in [2.45, 2.75) is 19.8 Å². The van der Waals surface area contributed by atoms with E-state index in [4.69, 9.17) is 9.72 Å². The number of nitrogens with zero attached hydrogens (tertiary/aromatic N) is 4. The van der Waals surface area contributed by atoms with E-state index < -0.39 is 0 Å². The van der Waals surface area contributed by atoms with Crippen molar-refractivity contribution < 1.29 is 19.1 Å². The summed E-state index contributed by atoms with van der Waals surface area (Å²) in [5, 5.41) is 0.596. The van der Waals surface area contributed by atoms with Gasteiger partial charge in [-0.2, -0.15) is 0 Å². The number of hydrogen-bond donors (Lipinski definition) is 0. The normalized spacial score (nSPS) is 13.9. The van der Waals surface area contributed by atoms with Gasteiger partial charge in [-0.1, -0.05) is 17.4 Å². The van der Waals surface area contributed by atoms with Crippen LogP contribution in [0.1, 0.15) is 28.8 Å². The van der Waals surface area contributed by atoms with Gasteiger partial charge in [-0.25, -0.2) is 4.98 Å². The monoisotopic (exact) mass is 466 g/mol. The lowest BCUT2D eigenvalue weighted by Gasteiger charge is -2.22. The van der Waals surface area contributed by atoms with Crippen LogP contribution in [0.4, 0.5) is 10.8 Å². The molecule has 0 bridgehead atoms. The lowest BCUT2D eigenvalue weighted by Crippen LogP contribution is -2.36. The minimum Gasteiger partial charge on any atom is -0.494 e. The number of anilines is 2. The van der Waals surface area contributed by atoms with Crippen LogP contribution in [0.5, 0.6) is 5.75 Å². The largest absolute Gasteiger partial charge is 0.494 e. The van der Waals surface area contributed by atoms with E-state index in [-0.39, 0.29) is 30.6 Å². The Labute approximate surface area is 196 Å². The van der Waals surface area contributed by atoms with Crippen LogP contribution in [0.15, 0.2) is 36.4 Å². The van der Waals surface area contributed by atoms with Gasteiger partial charge in [0, 0.05) is 31.5 Å². The van der Waals surface area contributed by atoms with E-state index in [0.29, 0.717) is 35.2 Å². The van der Waals surface area contributed by atoms with E-state index in [0.717, 1.165) is 15.8 Å². The summed E-state index contributed by atoms with van der Waals surface area (Å²) in [7, 11) is 5.51. The first-order valence-corrected chi connectivity index (χ1v) is 11.5. The molecule has 0 atom stereocenters. The number of likely N-dealkylation sites (N-methyl/N-ethyl adjacent to an activating group) is 1. The van der Waals surface area contributed by atoms with Crippen LogP contribution in [-0.2, 0) is 9.59 Å². The molecule has 1 aliphatic rings. The fraction of sp³-hybridized carbons (Fsp3) is 0.333. The summed E-state index contributed by atoms with van der Waals surface area (Å²) in [6.45, 7) is 3.12. The summed E-state index contributed by atoms with van der Waals surface area (Å²) < 4.78 is 6.45. The minimum absolute atomic E-state index is 0.196. The molecule has 2 heterocycles. The number of aromatic nitrogens is 1. The summed E-state index contributed by atoms with van der Waals surface area (Å²) >= 11 is 1.46. The first-order valence-electron chi connectivity index (χ1n) is 10.7. The van der Waals surface area contributed by atoms with E-state index in [2.05, 4.69) is 0 Å². The third kappa shape index (κ3) is 4.46. The molecule has 2 aromatic carbocycles. The molecule has 1 fully saturated rings. The molecule has 4 rings (SSSR count). The van der Waals surface area contributed by atoms with E-state index in [1.807, 2.05) is 38.1 Å². The Hall–Kier alpha value is -3.30. The van der Waals surface area contributed by atoms with Gasteiger partial charge in [0.05, 0.1) is 17.5 Å². The van der Waals surface area contributed by atoms with Crippen molar-refractivity contribution in [3.05, 3.63) is 47.5 Å². The van der Waals surface area contributed by atoms with Crippen LogP contribution in [0.2, 0.25) is 0 Å². The molecule has 8 nitrogen and oxygen atoms in total. The molecule has 0 radical (unpaired) electrons. The first kappa shape index (κ1) is 22.9. The Morgan fingerprint density at radius 1 is 1.06 bits per heavy atom. The molecule has 1 aromatic heterocycles. The van der Waals surface area contributed by atoms with Crippen molar-refractivity contribution in [1.82, 2.24) is 9.88 Å². The van der Waals surface area contributed by atoms with E-state index in [1.54, 1.807) is 36.3 Å². The van der Waals surface area contributed by atoms with Gasteiger partial charge in [-0.05, 0) is 56.9 Å². The van der Waals surface area contributed by atoms with E-state index in [1.165, 1.54) is 16.2 Å². The van der Waals surface area contributed by atoms with Gasteiger partial charge in [0.2, 0.25) is 11.8 Å². The second kappa shape index (κ2) is 9.29. The van der Waals surface area contributed by atoms with Gasteiger partial charge in [-0.15, -0.1) is 0 Å². The maximum atomic E-state index is 13.5. The number of imide groups is 1. The average molecular weight is 467 g/mol. The number of thiazole rings is 1. The number of amides is 3. The Morgan fingerprint density at radius 2 is 1.73 bits per heavy atom. The number of ether oxygens (including phenoxy) is 1. The first-order chi connectivity index (χ1) is 15.8. The Bertz CT molecular complexity index is 1200. The summed E-state index contributed by atoms with van der Waals surface area (Å²) in [5.41, 5.74) is 2.75. The highest BCUT2D eigenvalue weighted by molar-refractivity contribution is 7.22. The van der Waals surface area contributed by atoms with Crippen LogP contribution < -0.4 is 14.5 Å². The van der Waals surface area contributed by atoms with Gasteiger partial charge in [0.1, 0.15) is 11.3 Å². The van der Waals surface area contributed by atoms with E-state index >= 15 is 0 Å². The smallest absolute Gasteiger partial charge is 0.260 e. The fourth-order valence-corrected chi connectivity index (χ4v) is 4.81. The molecule has 0 unspecified atom stereocenters. The summed E-state index contributed by atoms with van der Waals surface area (Å²) in [6.07, 6.45) is 0.441. The quantitative estimate of drug-likeness (QED) is 0.496. The van der Waals surface area contributed by atoms with Crippen LogP contribution in [0, 0.1) is 6.92 Å². The Balaban J connectivity index is 1.68. The van der Waals surface area contributed by atoms with Gasteiger partial charge >= 0.3 is 0 Å². The lowest BCUT2D eigenvalue weighted by atomic mass is 10.1. The van der Waals surface area contributed by atoms with Gasteiger partial charge in [0.15, 0.2) is 5.13 Å². The summed E-state index contributed by atoms with van der Waals surface area (Å²) in [6, 6.07) is 10.5. The molecule has 3 amide bonds. The molecular formula is C24H26N4O4S. The average Bonchev–Trinajstić information content (AvgIpc) is 3.38. The van der Waals surface area contributed by atoms with Crippen molar-refractivity contribution >= 4 is 50.1 Å². The van der Waals surface area contributed by atoms with Crippen molar-refractivity contribution in [1.29, 1.82) is 0 Å². The summed E-state index contributed by atoms with van der Waals surface area (Å²) in [4.78, 5) is 47.2. The highest BCUT2D eigenvalue weighted by Gasteiger charge is 2.30. The standard InChI is InChI=1S/C24H26N4O4S/c1-15-5-10-18(32-4)21-22(15)33-24(25-21)27(14-13-26(2)3)23(31)16-6-8-17(9-7-16)28-19(29)11-12-20(28)30/h5-10H,11-14H2,1-4H3. The Kier molecular flexibility index (Phi) is 6.44. The van der Waals surface area contributed by atoms with Gasteiger partial charge in [0.25, 0.3) is 5.91 Å². The van der Waals surface area contributed by atoms with Crippen LogP contribution in [0.25, 0.3) is 10.2 Å². The molecule has 0 saturated carbocycles. The molecule has 1 saturated heterocycles. The van der Waals surface area contributed by atoms with Gasteiger partial charge < -0.3 is 9.64 Å². The van der Waals surface area contributed by atoms with Crippen LogP contribution in [-0.4, -0.2) is 61.9 Å². The predicted octanol–water partition coefficient (Wildman–Crippen LogP) is 3.48. The lowest BCUT2D eigenvalue weighted by molar-refractivity contribution is -0.121. The number of fused-ring (bicyclic) bond motifs is 1. The topological polar surface area (TPSA) is 83.0 Å². The fourth-order valence-electron chi connectivity index (χ4n) is 3.74. The SMILES string of the molecule is COc1ccc(C)c2sc(N(CCN(C)C)C(=O)c3ccc(N4C(=O)CCC4=O)cc3)nc12. The number of carbonyl (C=O) groups is 3. The molecular weight excluding hydrogens is 440 g/mol. The number of benzene rings is 2. The van der Waals surface area contributed by atoms with Crippen LogP contribution >= 0.6 is 11.3 Å². The second-order valence-electron chi connectivity index (χ2n) is 8.19. The number of aryl methyl sites for hydroxylation is 1. The number of methoxy groups -OCH3 is 1. The van der Waals surface area contributed by atoms with E-state index in [9.17, 15) is 14.4 Å². The number of rotatable bonds is 7. The third-order valence-electron chi connectivity index (χ3n) is 5.58. The Morgan fingerprint density at radius 3 is 2.33 bits per heavy atom. The number of carbonyl (C=O) groups excluding carboxylic acids is 3. The third-order valence-corrected chi connectivity index (χ3v) is 6.80. The number of hydrogen-bond acceptors (Lipinski definition) is 7. The molecule has 0 spiro atoms. The molecule has 3 aromatic rings. The second-order valence-corrected chi connectivity index (χ2v) is 9.17. The molecule has 0 N–H and O–H groups in total. The molecule has 172 valence electrons.